The van der Waals surface area contributed by atoms with E-state index in [0.29, 0.717) is 6.04 Å². The molecule has 2 aliphatic heterocycles. The first-order valence-corrected chi connectivity index (χ1v) is 8.16. The second-order valence-corrected chi connectivity index (χ2v) is 6.87. The number of piperidine rings is 1. The third-order valence-electron chi connectivity index (χ3n) is 4.33. The molecule has 20 heavy (non-hydrogen) atoms. The van der Waals surface area contributed by atoms with Crippen LogP contribution in [-0.4, -0.2) is 53.2 Å². The fourth-order valence-electron chi connectivity index (χ4n) is 3.21. The Morgan fingerprint density at radius 3 is 2.70 bits per heavy atom. The van der Waals surface area contributed by atoms with E-state index in [1.807, 2.05) is 6.92 Å². The summed E-state index contributed by atoms with van der Waals surface area (Å²) >= 11 is 1.50. The molecule has 0 spiro atoms. The summed E-state index contributed by atoms with van der Waals surface area (Å²) in [5, 5.41) is 9.97. The van der Waals surface area contributed by atoms with Crippen LogP contribution in [0.5, 0.6) is 0 Å². The first-order valence-electron chi connectivity index (χ1n) is 7.35. The van der Waals surface area contributed by atoms with Gasteiger partial charge in [0.25, 0.3) is 0 Å². The van der Waals surface area contributed by atoms with Crippen LogP contribution in [0.25, 0.3) is 0 Å². The molecule has 0 aromatic carbocycles. The lowest BCUT2D eigenvalue weighted by Gasteiger charge is -2.32. The quantitative estimate of drug-likeness (QED) is 0.926. The SMILES string of the molecule is Cc1sc(N2CCC(N3CCCCC3)C2)nc1C(=O)O. The number of carboxylic acids is 1. The summed E-state index contributed by atoms with van der Waals surface area (Å²) in [7, 11) is 0. The lowest BCUT2D eigenvalue weighted by Crippen LogP contribution is -2.40. The molecular weight excluding hydrogens is 274 g/mol. The number of hydrogen-bond donors (Lipinski definition) is 1. The van der Waals surface area contributed by atoms with Gasteiger partial charge in [0.15, 0.2) is 10.8 Å². The van der Waals surface area contributed by atoms with E-state index in [-0.39, 0.29) is 5.69 Å². The summed E-state index contributed by atoms with van der Waals surface area (Å²) < 4.78 is 0. The average molecular weight is 295 g/mol. The van der Waals surface area contributed by atoms with Crippen LogP contribution >= 0.6 is 11.3 Å². The first kappa shape index (κ1) is 13.8. The van der Waals surface area contributed by atoms with Crippen molar-refractivity contribution in [2.24, 2.45) is 0 Å². The number of aromatic nitrogens is 1. The summed E-state index contributed by atoms with van der Waals surface area (Å²) in [6, 6.07) is 0.618. The zero-order valence-electron chi connectivity index (χ0n) is 11.8. The second kappa shape index (κ2) is 5.69. The highest BCUT2D eigenvalue weighted by Gasteiger charge is 2.30. The Balaban J connectivity index is 1.67. The summed E-state index contributed by atoms with van der Waals surface area (Å²) in [5.74, 6) is -0.920. The highest BCUT2D eigenvalue weighted by molar-refractivity contribution is 7.15. The molecule has 1 atom stereocenters. The number of likely N-dealkylation sites (tertiary alicyclic amines) is 1. The van der Waals surface area contributed by atoms with E-state index in [4.69, 9.17) is 5.11 Å². The molecular formula is C14H21N3O2S. The third-order valence-corrected chi connectivity index (χ3v) is 5.36. The normalized spacial score (nSPS) is 24.2. The Morgan fingerprint density at radius 1 is 1.30 bits per heavy atom. The molecule has 1 unspecified atom stereocenters. The van der Waals surface area contributed by atoms with Gasteiger partial charge in [-0.05, 0) is 39.3 Å². The van der Waals surface area contributed by atoms with Crippen molar-refractivity contribution in [2.45, 2.75) is 38.6 Å². The van der Waals surface area contributed by atoms with Crippen molar-refractivity contribution in [1.29, 1.82) is 0 Å². The van der Waals surface area contributed by atoms with Gasteiger partial charge in [-0.15, -0.1) is 11.3 Å². The minimum absolute atomic E-state index is 0.214. The van der Waals surface area contributed by atoms with Crippen LogP contribution in [-0.2, 0) is 0 Å². The van der Waals surface area contributed by atoms with Crippen LogP contribution in [0.1, 0.15) is 41.0 Å². The number of aromatic carboxylic acids is 1. The molecule has 2 saturated heterocycles. The van der Waals surface area contributed by atoms with Gasteiger partial charge in [0.1, 0.15) is 0 Å². The lowest BCUT2D eigenvalue weighted by molar-refractivity contribution is 0.0690. The first-order chi connectivity index (χ1) is 9.65. The number of rotatable bonds is 3. The van der Waals surface area contributed by atoms with Crippen molar-refractivity contribution in [3.63, 3.8) is 0 Å². The molecule has 3 rings (SSSR count). The third kappa shape index (κ3) is 2.67. The maximum Gasteiger partial charge on any atom is 0.355 e. The number of thiazole rings is 1. The summed E-state index contributed by atoms with van der Waals surface area (Å²) in [5.41, 5.74) is 0.214. The smallest absolute Gasteiger partial charge is 0.355 e. The van der Waals surface area contributed by atoms with Crippen LogP contribution < -0.4 is 4.90 Å². The van der Waals surface area contributed by atoms with Crippen LogP contribution in [0.2, 0.25) is 0 Å². The number of aryl methyl sites for hydroxylation is 1. The summed E-state index contributed by atoms with van der Waals surface area (Å²) in [6.07, 6.45) is 5.16. The minimum Gasteiger partial charge on any atom is -0.476 e. The number of carbonyl (C=O) groups is 1. The molecule has 0 saturated carbocycles. The van der Waals surface area contributed by atoms with E-state index in [1.54, 1.807) is 0 Å². The van der Waals surface area contributed by atoms with Crippen molar-refractivity contribution in [3.8, 4) is 0 Å². The molecule has 2 aliphatic rings. The highest BCUT2D eigenvalue weighted by atomic mass is 32.1. The summed E-state index contributed by atoms with van der Waals surface area (Å²) in [6.45, 7) is 6.26. The van der Waals surface area contributed by atoms with Crippen molar-refractivity contribution < 1.29 is 9.90 Å². The molecule has 0 radical (unpaired) electrons. The molecule has 0 aliphatic carbocycles. The molecule has 1 N–H and O–H groups in total. The van der Waals surface area contributed by atoms with Gasteiger partial charge in [-0.1, -0.05) is 6.42 Å². The number of anilines is 1. The largest absolute Gasteiger partial charge is 0.476 e. The molecule has 1 aromatic rings. The molecule has 3 heterocycles. The number of hydrogen-bond acceptors (Lipinski definition) is 5. The van der Waals surface area contributed by atoms with Gasteiger partial charge in [0.2, 0.25) is 0 Å². The van der Waals surface area contributed by atoms with Crippen LogP contribution in [0.3, 0.4) is 0 Å². The summed E-state index contributed by atoms with van der Waals surface area (Å²) in [4.78, 5) is 21.0. The fraction of sp³-hybridized carbons (Fsp3) is 0.714. The number of carboxylic acid groups (broad SMARTS) is 1. The Labute approximate surface area is 123 Å². The van der Waals surface area contributed by atoms with Crippen molar-refractivity contribution in [2.75, 3.05) is 31.1 Å². The predicted molar refractivity (Wildman–Crippen MR) is 79.9 cm³/mol. The van der Waals surface area contributed by atoms with Gasteiger partial charge in [-0.25, -0.2) is 9.78 Å². The molecule has 5 nitrogen and oxygen atoms in total. The van der Waals surface area contributed by atoms with E-state index in [9.17, 15) is 4.79 Å². The molecule has 0 amide bonds. The van der Waals surface area contributed by atoms with Gasteiger partial charge in [0.05, 0.1) is 0 Å². The minimum atomic E-state index is -0.920. The van der Waals surface area contributed by atoms with E-state index < -0.39 is 5.97 Å². The van der Waals surface area contributed by atoms with Crippen molar-refractivity contribution in [3.05, 3.63) is 10.6 Å². The lowest BCUT2D eigenvalue weighted by atomic mass is 10.1. The van der Waals surface area contributed by atoms with Gasteiger partial charge >= 0.3 is 5.97 Å². The second-order valence-electron chi connectivity index (χ2n) is 5.69. The Morgan fingerprint density at radius 2 is 2.05 bits per heavy atom. The molecule has 2 fully saturated rings. The average Bonchev–Trinajstić information content (AvgIpc) is 3.06. The molecule has 6 heteroatoms. The van der Waals surface area contributed by atoms with Gasteiger partial charge in [0, 0.05) is 24.0 Å². The number of nitrogens with zero attached hydrogens (tertiary/aromatic N) is 3. The zero-order valence-corrected chi connectivity index (χ0v) is 12.7. The van der Waals surface area contributed by atoms with Gasteiger partial charge < -0.3 is 10.0 Å². The van der Waals surface area contributed by atoms with Gasteiger partial charge in [-0.2, -0.15) is 0 Å². The topological polar surface area (TPSA) is 56.7 Å². The molecule has 1 aromatic heterocycles. The Bertz CT molecular complexity index is 497. The van der Waals surface area contributed by atoms with Crippen LogP contribution in [0, 0.1) is 6.92 Å². The van der Waals surface area contributed by atoms with Crippen molar-refractivity contribution in [1.82, 2.24) is 9.88 Å². The predicted octanol–water partition coefficient (Wildman–Crippen LogP) is 2.21. The molecule has 110 valence electrons. The maximum absolute atomic E-state index is 11.1. The Kier molecular flexibility index (Phi) is 3.94. The standard InChI is InChI=1S/C14H21N3O2S/c1-10-12(13(18)19)15-14(20-10)17-8-5-11(9-17)16-6-3-2-4-7-16/h11H,2-9H2,1H3,(H,18,19). The maximum atomic E-state index is 11.1. The van der Waals surface area contributed by atoms with E-state index in [1.165, 1.54) is 50.1 Å². The van der Waals surface area contributed by atoms with Crippen LogP contribution in [0.4, 0.5) is 5.13 Å². The molecule has 0 bridgehead atoms. The van der Waals surface area contributed by atoms with Gasteiger partial charge in [-0.3, -0.25) is 4.90 Å². The van der Waals surface area contributed by atoms with E-state index >= 15 is 0 Å². The monoisotopic (exact) mass is 295 g/mol. The van der Waals surface area contributed by atoms with E-state index in [2.05, 4.69) is 14.8 Å². The van der Waals surface area contributed by atoms with E-state index in [0.717, 1.165) is 23.1 Å². The fourth-order valence-corrected chi connectivity index (χ4v) is 4.15. The zero-order chi connectivity index (χ0) is 14.1. The van der Waals surface area contributed by atoms with Crippen LogP contribution in [0.15, 0.2) is 0 Å². The van der Waals surface area contributed by atoms with Crippen molar-refractivity contribution >= 4 is 22.4 Å². The highest BCUT2D eigenvalue weighted by Crippen LogP contribution is 2.30. The Hall–Kier alpha value is -1.14.